The summed E-state index contributed by atoms with van der Waals surface area (Å²) in [6.45, 7) is 2.07. The van der Waals surface area contributed by atoms with Crippen LogP contribution in [0.4, 0.5) is 5.69 Å². The molecule has 21 heavy (non-hydrogen) atoms. The van der Waals surface area contributed by atoms with Gasteiger partial charge in [-0.1, -0.05) is 0 Å². The molecule has 0 aromatic heterocycles. The number of rotatable bonds is 7. The van der Waals surface area contributed by atoms with Crippen molar-refractivity contribution in [2.45, 2.75) is 19.4 Å². The smallest absolute Gasteiger partial charge is 0.338 e. The van der Waals surface area contributed by atoms with Gasteiger partial charge >= 0.3 is 5.97 Å². The number of esters is 1. The van der Waals surface area contributed by atoms with E-state index in [-0.39, 0.29) is 5.91 Å². The van der Waals surface area contributed by atoms with Gasteiger partial charge in [0.25, 0.3) is 0 Å². The second-order valence-corrected chi connectivity index (χ2v) is 6.13. The number of hydrogen-bond donors (Lipinski definition) is 2. The molecule has 0 bridgehead atoms. The predicted molar refractivity (Wildman–Crippen MR) is 89.7 cm³/mol. The van der Waals surface area contributed by atoms with E-state index in [0.29, 0.717) is 28.8 Å². The van der Waals surface area contributed by atoms with Crippen LogP contribution in [0.15, 0.2) is 22.7 Å². The van der Waals surface area contributed by atoms with Gasteiger partial charge in [-0.3, -0.25) is 4.79 Å². The quantitative estimate of drug-likeness (QED) is 0.716. The third kappa shape index (κ3) is 5.68. The SMILES string of the molecule is CCOC(=O)c1ccc(NC(=O)[C@H](N)CCSC)c(Br)c1. The molecule has 1 rings (SSSR count). The molecular formula is C14H19BrN2O3S. The van der Waals surface area contributed by atoms with Gasteiger partial charge in [0.2, 0.25) is 5.91 Å². The first-order chi connectivity index (χ1) is 9.99. The van der Waals surface area contributed by atoms with Crippen molar-refractivity contribution in [1.82, 2.24) is 0 Å². The highest BCUT2D eigenvalue weighted by Crippen LogP contribution is 2.24. The van der Waals surface area contributed by atoms with Gasteiger partial charge in [-0.25, -0.2) is 4.79 Å². The molecule has 0 aliphatic heterocycles. The normalized spacial score (nSPS) is 11.8. The molecule has 0 fully saturated rings. The van der Waals surface area contributed by atoms with Crippen LogP contribution in [0.2, 0.25) is 0 Å². The van der Waals surface area contributed by atoms with Gasteiger partial charge in [-0.05, 0) is 59.5 Å². The molecule has 0 saturated heterocycles. The molecule has 116 valence electrons. The van der Waals surface area contributed by atoms with E-state index in [1.165, 1.54) is 0 Å². The van der Waals surface area contributed by atoms with E-state index in [0.717, 1.165) is 5.75 Å². The van der Waals surface area contributed by atoms with Crippen LogP contribution in [-0.4, -0.2) is 36.5 Å². The number of amides is 1. The van der Waals surface area contributed by atoms with Gasteiger partial charge in [0.05, 0.1) is 23.9 Å². The molecule has 1 atom stereocenters. The number of halogens is 1. The van der Waals surface area contributed by atoms with Crippen molar-refractivity contribution >= 4 is 45.3 Å². The molecule has 1 aromatic rings. The van der Waals surface area contributed by atoms with E-state index >= 15 is 0 Å². The summed E-state index contributed by atoms with van der Waals surface area (Å²) in [7, 11) is 0. The molecular weight excluding hydrogens is 356 g/mol. The summed E-state index contributed by atoms with van der Waals surface area (Å²) in [4.78, 5) is 23.5. The lowest BCUT2D eigenvalue weighted by Crippen LogP contribution is -2.36. The third-order valence-electron chi connectivity index (χ3n) is 2.71. The van der Waals surface area contributed by atoms with Crippen molar-refractivity contribution in [2.75, 3.05) is 23.9 Å². The van der Waals surface area contributed by atoms with Crippen molar-refractivity contribution in [3.8, 4) is 0 Å². The molecule has 0 aliphatic rings. The summed E-state index contributed by atoms with van der Waals surface area (Å²) in [5.74, 6) is 0.193. The van der Waals surface area contributed by atoms with E-state index < -0.39 is 12.0 Å². The minimum absolute atomic E-state index is 0.242. The topological polar surface area (TPSA) is 81.4 Å². The Bertz CT molecular complexity index is 511. The maximum absolute atomic E-state index is 11.9. The van der Waals surface area contributed by atoms with Crippen LogP contribution < -0.4 is 11.1 Å². The molecule has 0 saturated carbocycles. The molecule has 1 aromatic carbocycles. The van der Waals surface area contributed by atoms with Gasteiger partial charge in [0.1, 0.15) is 0 Å². The highest BCUT2D eigenvalue weighted by molar-refractivity contribution is 9.10. The molecule has 0 aliphatic carbocycles. The number of nitrogens with one attached hydrogen (secondary N) is 1. The Morgan fingerprint density at radius 3 is 2.76 bits per heavy atom. The Morgan fingerprint density at radius 2 is 2.19 bits per heavy atom. The summed E-state index contributed by atoms with van der Waals surface area (Å²) >= 11 is 4.98. The zero-order chi connectivity index (χ0) is 15.8. The van der Waals surface area contributed by atoms with Gasteiger partial charge in [-0.2, -0.15) is 11.8 Å². The zero-order valence-electron chi connectivity index (χ0n) is 12.0. The number of benzene rings is 1. The number of carbonyl (C=O) groups is 2. The first-order valence-corrected chi connectivity index (χ1v) is 8.70. The van der Waals surface area contributed by atoms with Crippen LogP contribution in [-0.2, 0) is 9.53 Å². The lowest BCUT2D eigenvalue weighted by atomic mass is 10.2. The molecule has 5 nitrogen and oxygen atoms in total. The summed E-state index contributed by atoms with van der Waals surface area (Å²) in [5, 5.41) is 2.74. The predicted octanol–water partition coefficient (Wildman–Crippen LogP) is 2.64. The van der Waals surface area contributed by atoms with Gasteiger partial charge in [0, 0.05) is 4.47 Å². The van der Waals surface area contributed by atoms with Crippen LogP contribution in [0.25, 0.3) is 0 Å². The molecule has 1 amide bonds. The van der Waals surface area contributed by atoms with Crippen LogP contribution in [0.3, 0.4) is 0 Å². The van der Waals surface area contributed by atoms with Crippen molar-refractivity contribution < 1.29 is 14.3 Å². The van der Waals surface area contributed by atoms with Crippen LogP contribution in [0.1, 0.15) is 23.7 Å². The molecule has 7 heteroatoms. The Hall–Kier alpha value is -1.05. The first-order valence-electron chi connectivity index (χ1n) is 6.51. The molecule has 0 unspecified atom stereocenters. The maximum atomic E-state index is 11.9. The second-order valence-electron chi connectivity index (χ2n) is 4.29. The number of ether oxygens (including phenoxy) is 1. The Kier molecular flexibility index (Phi) is 7.77. The maximum Gasteiger partial charge on any atom is 0.338 e. The van der Waals surface area contributed by atoms with Gasteiger partial charge < -0.3 is 15.8 Å². The standard InChI is InChI=1S/C14H19BrN2O3S/c1-3-20-14(19)9-4-5-12(10(15)8-9)17-13(18)11(16)6-7-21-2/h4-5,8,11H,3,6-7,16H2,1-2H3,(H,17,18)/t11-/m1/s1. The van der Waals surface area contributed by atoms with Crippen molar-refractivity contribution in [3.63, 3.8) is 0 Å². The minimum atomic E-state index is -0.547. The Labute approximate surface area is 137 Å². The second kappa shape index (κ2) is 9.07. The summed E-state index contributed by atoms with van der Waals surface area (Å²) in [6, 6.07) is 4.32. The largest absolute Gasteiger partial charge is 0.462 e. The number of thioether (sulfide) groups is 1. The van der Waals surface area contributed by atoms with Gasteiger partial charge in [0.15, 0.2) is 0 Å². The lowest BCUT2D eigenvalue weighted by Gasteiger charge is -2.13. The van der Waals surface area contributed by atoms with E-state index in [1.807, 2.05) is 6.26 Å². The van der Waals surface area contributed by atoms with Crippen LogP contribution in [0.5, 0.6) is 0 Å². The summed E-state index contributed by atoms with van der Waals surface area (Å²) < 4.78 is 5.53. The van der Waals surface area contributed by atoms with Crippen LogP contribution in [0, 0.1) is 0 Å². The molecule has 0 radical (unpaired) electrons. The van der Waals surface area contributed by atoms with E-state index in [1.54, 1.807) is 36.9 Å². The minimum Gasteiger partial charge on any atom is -0.462 e. The molecule has 0 heterocycles. The fourth-order valence-electron chi connectivity index (χ4n) is 1.56. The Balaban J connectivity index is 2.72. The average molecular weight is 375 g/mol. The first kappa shape index (κ1) is 18.0. The lowest BCUT2D eigenvalue weighted by molar-refractivity contribution is -0.117. The Morgan fingerprint density at radius 1 is 1.48 bits per heavy atom. The highest BCUT2D eigenvalue weighted by atomic mass is 79.9. The fraction of sp³-hybridized carbons (Fsp3) is 0.429. The fourth-order valence-corrected chi connectivity index (χ4v) is 2.53. The molecule has 0 spiro atoms. The highest BCUT2D eigenvalue weighted by Gasteiger charge is 2.15. The number of nitrogens with two attached hydrogens (primary N) is 1. The third-order valence-corrected chi connectivity index (χ3v) is 4.01. The van der Waals surface area contributed by atoms with E-state index in [2.05, 4.69) is 21.2 Å². The van der Waals surface area contributed by atoms with Crippen LogP contribution >= 0.6 is 27.7 Å². The van der Waals surface area contributed by atoms with Crippen molar-refractivity contribution in [1.29, 1.82) is 0 Å². The zero-order valence-corrected chi connectivity index (χ0v) is 14.4. The van der Waals surface area contributed by atoms with E-state index in [9.17, 15) is 9.59 Å². The number of hydrogen-bond acceptors (Lipinski definition) is 5. The van der Waals surface area contributed by atoms with Crippen molar-refractivity contribution in [2.24, 2.45) is 5.73 Å². The number of carbonyl (C=O) groups excluding carboxylic acids is 2. The number of anilines is 1. The van der Waals surface area contributed by atoms with Crippen molar-refractivity contribution in [3.05, 3.63) is 28.2 Å². The van der Waals surface area contributed by atoms with Gasteiger partial charge in [-0.15, -0.1) is 0 Å². The summed E-state index contributed by atoms with van der Waals surface area (Å²) in [5.41, 5.74) is 6.81. The van der Waals surface area contributed by atoms with E-state index in [4.69, 9.17) is 10.5 Å². The summed E-state index contributed by atoms with van der Waals surface area (Å²) in [6.07, 6.45) is 2.58. The molecule has 3 N–H and O–H groups in total. The average Bonchev–Trinajstić information content (AvgIpc) is 2.46. The monoisotopic (exact) mass is 374 g/mol.